The summed E-state index contributed by atoms with van der Waals surface area (Å²) in [6, 6.07) is 9.60. The zero-order chi connectivity index (χ0) is 15.4. The average Bonchev–Trinajstić information content (AvgIpc) is 2.99. The van der Waals surface area contributed by atoms with E-state index in [1.807, 2.05) is 30.3 Å². The maximum absolute atomic E-state index is 11.6. The molecule has 1 aliphatic rings. The number of carboxylic acid groups (broad SMARTS) is 1. The van der Waals surface area contributed by atoms with E-state index in [-0.39, 0.29) is 17.7 Å². The van der Waals surface area contributed by atoms with E-state index < -0.39 is 5.97 Å². The summed E-state index contributed by atoms with van der Waals surface area (Å²) in [7, 11) is 0. The van der Waals surface area contributed by atoms with Crippen LogP contribution in [0.5, 0.6) is 5.75 Å². The van der Waals surface area contributed by atoms with Gasteiger partial charge < -0.3 is 14.6 Å². The predicted octanol–water partition coefficient (Wildman–Crippen LogP) is 2.86. The van der Waals surface area contributed by atoms with E-state index in [4.69, 9.17) is 9.47 Å². The van der Waals surface area contributed by atoms with Gasteiger partial charge in [-0.1, -0.05) is 30.3 Å². The van der Waals surface area contributed by atoms with Gasteiger partial charge >= 0.3 is 5.97 Å². The first-order valence-electron chi connectivity index (χ1n) is 7.35. The summed E-state index contributed by atoms with van der Waals surface area (Å²) in [6.07, 6.45) is 3.89. The highest BCUT2D eigenvalue weighted by Crippen LogP contribution is 2.28. The van der Waals surface area contributed by atoms with Crippen LogP contribution in [-0.4, -0.2) is 27.5 Å². The second-order valence-electron chi connectivity index (χ2n) is 5.20. The van der Waals surface area contributed by atoms with Crippen LogP contribution < -0.4 is 4.74 Å². The molecule has 3 rings (SSSR count). The monoisotopic (exact) mass is 302 g/mol. The third-order valence-electron chi connectivity index (χ3n) is 3.63. The van der Waals surface area contributed by atoms with Crippen molar-refractivity contribution in [3.05, 3.63) is 47.8 Å². The molecule has 0 bridgehead atoms. The molecule has 1 aliphatic heterocycles. The minimum absolute atomic E-state index is 0.0443. The predicted molar refractivity (Wildman–Crippen MR) is 78.8 cm³/mol. The molecule has 1 fully saturated rings. The zero-order valence-electron chi connectivity index (χ0n) is 12.1. The van der Waals surface area contributed by atoms with Crippen LogP contribution in [0.25, 0.3) is 0 Å². The van der Waals surface area contributed by atoms with Crippen LogP contribution in [0.3, 0.4) is 0 Å². The SMILES string of the molecule is O=C(O)c1c(OCc2ccccc2)cnn1C1CCCCO1. The highest BCUT2D eigenvalue weighted by molar-refractivity contribution is 5.88. The molecule has 1 saturated heterocycles. The number of carboxylic acids is 1. The molecule has 6 heteroatoms. The molecule has 6 nitrogen and oxygen atoms in total. The third-order valence-corrected chi connectivity index (χ3v) is 3.63. The lowest BCUT2D eigenvalue weighted by Crippen LogP contribution is -2.23. The fraction of sp³-hybridized carbons (Fsp3) is 0.375. The van der Waals surface area contributed by atoms with E-state index in [0.717, 1.165) is 24.8 Å². The fourth-order valence-corrected chi connectivity index (χ4v) is 2.53. The normalized spacial score (nSPS) is 18.1. The van der Waals surface area contributed by atoms with Gasteiger partial charge in [0.2, 0.25) is 0 Å². The molecule has 1 aromatic carbocycles. The number of carbonyl (C=O) groups is 1. The number of hydrogen-bond acceptors (Lipinski definition) is 4. The first-order chi connectivity index (χ1) is 10.8. The molecule has 0 aliphatic carbocycles. The van der Waals surface area contributed by atoms with Gasteiger partial charge in [0, 0.05) is 6.61 Å². The smallest absolute Gasteiger partial charge is 0.358 e. The van der Waals surface area contributed by atoms with Gasteiger partial charge in [0.15, 0.2) is 17.7 Å². The Kier molecular flexibility index (Phi) is 4.39. The highest BCUT2D eigenvalue weighted by atomic mass is 16.5. The van der Waals surface area contributed by atoms with Crippen molar-refractivity contribution < 1.29 is 19.4 Å². The van der Waals surface area contributed by atoms with Crippen LogP contribution in [0.2, 0.25) is 0 Å². The summed E-state index contributed by atoms with van der Waals surface area (Å²) < 4.78 is 12.7. The quantitative estimate of drug-likeness (QED) is 0.919. The number of nitrogens with zero attached hydrogens (tertiary/aromatic N) is 2. The molecule has 2 aromatic rings. The molecule has 0 saturated carbocycles. The molecule has 116 valence electrons. The van der Waals surface area contributed by atoms with Crippen LogP contribution >= 0.6 is 0 Å². The van der Waals surface area contributed by atoms with E-state index >= 15 is 0 Å². The van der Waals surface area contributed by atoms with E-state index in [0.29, 0.717) is 13.2 Å². The Morgan fingerprint density at radius 1 is 1.36 bits per heavy atom. The summed E-state index contributed by atoms with van der Waals surface area (Å²) in [6.45, 7) is 0.933. The summed E-state index contributed by atoms with van der Waals surface area (Å²) in [5.74, 6) is -0.791. The second-order valence-corrected chi connectivity index (χ2v) is 5.20. The Balaban J connectivity index is 1.79. The standard InChI is InChI=1S/C16H18N2O4/c19-16(20)15-13(22-11-12-6-2-1-3-7-12)10-17-18(15)14-8-4-5-9-21-14/h1-3,6-7,10,14H,4-5,8-9,11H2,(H,19,20). The molecule has 0 spiro atoms. The molecule has 0 radical (unpaired) electrons. The van der Waals surface area contributed by atoms with Crippen molar-refractivity contribution in [2.75, 3.05) is 6.61 Å². The lowest BCUT2D eigenvalue weighted by atomic mass is 10.2. The van der Waals surface area contributed by atoms with Crippen LogP contribution in [0.15, 0.2) is 36.5 Å². The number of hydrogen-bond donors (Lipinski definition) is 1. The van der Waals surface area contributed by atoms with E-state index in [1.54, 1.807) is 0 Å². The molecule has 1 N–H and O–H groups in total. The fourth-order valence-electron chi connectivity index (χ4n) is 2.53. The minimum Gasteiger partial charge on any atom is -0.485 e. The van der Waals surface area contributed by atoms with Crippen molar-refractivity contribution >= 4 is 5.97 Å². The van der Waals surface area contributed by atoms with Crippen LogP contribution in [0, 0.1) is 0 Å². The number of aromatic nitrogens is 2. The summed E-state index contributed by atoms with van der Waals surface area (Å²) in [5.41, 5.74) is 1.02. The maximum atomic E-state index is 11.6. The Morgan fingerprint density at radius 2 is 2.18 bits per heavy atom. The first-order valence-corrected chi connectivity index (χ1v) is 7.35. The van der Waals surface area contributed by atoms with Gasteiger partial charge in [0.25, 0.3) is 0 Å². The van der Waals surface area contributed by atoms with Crippen molar-refractivity contribution in [3.8, 4) is 5.75 Å². The van der Waals surface area contributed by atoms with Gasteiger partial charge in [-0.2, -0.15) is 5.10 Å². The molecule has 1 aromatic heterocycles. The number of ether oxygens (including phenoxy) is 2. The van der Waals surface area contributed by atoms with Gasteiger partial charge in [-0.25, -0.2) is 9.48 Å². The van der Waals surface area contributed by atoms with Crippen LogP contribution in [0.4, 0.5) is 0 Å². The van der Waals surface area contributed by atoms with E-state index in [2.05, 4.69) is 5.10 Å². The van der Waals surface area contributed by atoms with Crippen molar-refractivity contribution in [2.24, 2.45) is 0 Å². The largest absolute Gasteiger partial charge is 0.485 e. The molecule has 22 heavy (non-hydrogen) atoms. The lowest BCUT2D eigenvalue weighted by molar-refractivity contribution is -0.0414. The van der Waals surface area contributed by atoms with Gasteiger partial charge in [0.1, 0.15) is 6.61 Å². The van der Waals surface area contributed by atoms with Crippen molar-refractivity contribution in [1.29, 1.82) is 0 Å². The van der Waals surface area contributed by atoms with Gasteiger partial charge in [-0.05, 0) is 24.8 Å². The highest BCUT2D eigenvalue weighted by Gasteiger charge is 2.26. The van der Waals surface area contributed by atoms with Crippen molar-refractivity contribution in [3.63, 3.8) is 0 Å². The topological polar surface area (TPSA) is 73.6 Å². The van der Waals surface area contributed by atoms with Gasteiger partial charge in [0.05, 0.1) is 6.20 Å². The molecule has 1 unspecified atom stereocenters. The van der Waals surface area contributed by atoms with Crippen LogP contribution in [-0.2, 0) is 11.3 Å². The maximum Gasteiger partial charge on any atom is 0.358 e. The summed E-state index contributed by atoms with van der Waals surface area (Å²) in [4.78, 5) is 11.6. The molecule has 2 heterocycles. The van der Waals surface area contributed by atoms with Crippen LogP contribution in [0.1, 0.15) is 41.5 Å². The molecular weight excluding hydrogens is 284 g/mol. The Morgan fingerprint density at radius 3 is 2.86 bits per heavy atom. The van der Waals surface area contributed by atoms with E-state index in [1.165, 1.54) is 10.9 Å². The molecular formula is C16H18N2O4. The van der Waals surface area contributed by atoms with Gasteiger partial charge in [-0.15, -0.1) is 0 Å². The molecule has 0 amide bonds. The lowest BCUT2D eigenvalue weighted by Gasteiger charge is -2.23. The number of benzene rings is 1. The number of aromatic carboxylic acids is 1. The molecule has 1 atom stereocenters. The summed E-state index contributed by atoms with van der Waals surface area (Å²) in [5, 5.41) is 13.6. The average molecular weight is 302 g/mol. The van der Waals surface area contributed by atoms with Gasteiger partial charge in [-0.3, -0.25) is 0 Å². The van der Waals surface area contributed by atoms with E-state index in [9.17, 15) is 9.90 Å². The first kappa shape index (κ1) is 14.6. The minimum atomic E-state index is -1.06. The summed E-state index contributed by atoms with van der Waals surface area (Å²) >= 11 is 0. The van der Waals surface area contributed by atoms with Crippen molar-refractivity contribution in [2.45, 2.75) is 32.1 Å². The number of rotatable bonds is 5. The Bertz CT molecular complexity index is 633. The Hall–Kier alpha value is -2.34. The third kappa shape index (κ3) is 3.12. The Labute approximate surface area is 128 Å². The van der Waals surface area contributed by atoms with Crippen molar-refractivity contribution in [1.82, 2.24) is 9.78 Å². The zero-order valence-corrected chi connectivity index (χ0v) is 12.1. The second kappa shape index (κ2) is 6.62.